The number of halogens is 1. The van der Waals surface area contributed by atoms with Gasteiger partial charge in [0.2, 0.25) is 0 Å². The zero-order valence-corrected chi connectivity index (χ0v) is 9.43. The molecule has 14 heavy (non-hydrogen) atoms. The first-order valence-electron chi connectivity index (χ1n) is 4.69. The lowest BCUT2D eigenvalue weighted by molar-refractivity contribution is 0.740. The van der Waals surface area contributed by atoms with Gasteiger partial charge in [0, 0.05) is 11.1 Å². The van der Waals surface area contributed by atoms with Crippen molar-refractivity contribution in [2.24, 2.45) is 5.73 Å². The fourth-order valence-electron chi connectivity index (χ4n) is 1.51. The van der Waals surface area contributed by atoms with Crippen LogP contribution in [0.15, 0.2) is 24.8 Å². The Morgan fingerprint density at radius 1 is 1.43 bits per heavy atom. The van der Waals surface area contributed by atoms with Crippen LogP contribution in [0.25, 0.3) is 0 Å². The van der Waals surface area contributed by atoms with Gasteiger partial charge < -0.3 is 5.73 Å². The fraction of sp³-hybridized carbons (Fsp3) is 0.333. The highest BCUT2D eigenvalue weighted by atomic mass is 35.5. The van der Waals surface area contributed by atoms with E-state index < -0.39 is 0 Å². The third kappa shape index (κ3) is 2.37. The molecule has 0 aromatic heterocycles. The van der Waals surface area contributed by atoms with Crippen LogP contribution in [0.3, 0.4) is 0 Å². The minimum absolute atomic E-state index is 0.0298. The summed E-state index contributed by atoms with van der Waals surface area (Å²) in [4.78, 5) is 0. The number of nitrogens with two attached hydrogens (primary N) is 1. The van der Waals surface area contributed by atoms with Gasteiger partial charge >= 0.3 is 0 Å². The Kier molecular flexibility index (Phi) is 3.73. The van der Waals surface area contributed by atoms with E-state index in [0.29, 0.717) is 0 Å². The van der Waals surface area contributed by atoms with E-state index in [2.05, 4.69) is 6.58 Å². The molecule has 0 radical (unpaired) electrons. The monoisotopic (exact) mass is 209 g/mol. The predicted molar refractivity (Wildman–Crippen MR) is 62.7 cm³/mol. The van der Waals surface area contributed by atoms with Gasteiger partial charge in [-0.15, -0.1) is 6.58 Å². The van der Waals surface area contributed by atoms with Crippen LogP contribution in [-0.4, -0.2) is 0 Å². The molecule has 1 aromatic carbocycles. The zero-order chi connectivity index (χ0) is 10.7. The summed E-state index contributed by atoms with van der Waals surface area (Å²) >= 11 is 6.07. The molecule has 0 fully saturated rings. The summed E-state index contributed by atoms with van der Waals surface area (Å²) in [5.74, 6) is 0. The highest BCUT2D eigenvalue weighted by Gasteiger charge is 2.07. The van der Waals surface area contributed by atoms with E-state index in [4.69, 9.17) is 17.3 Å². The second-order valence-corrected chi connectivity index (χ2v) is 3.98. The smallest absolute Gasteiger partial charge is 0.0464 e. The topological polar surface area (TPSA) is 26.0 Å². The summed E-state index contributed by atoms with van der Waals surface area (Å²) < 4.78 is 0. The van der Waals surface area contributed by atoms with Gasteiger partial charge in [-0.2, -0.15) is 0 Å². The third-order valence-electron chi connectivity index (χ3n) is 2.31. The van der Waals surface area contributed by atoms with Crippen LogP contribution in [0.2, 0.25) is 5.02 Å². The number of hydrogen-bond donors (Lipinski definition) is 1. The van der Waals surface area contributed by atoms with Gasteiger partial charge in [-0.25, -0.2) is 0 Å². The molecule has 1 unspecified atom stereocenters. The summed E-state index contributed by atoms with van der Waals surface area (Å²) in [6.07, 6.45) is 2.63. The Morgan fingerprint density at radius 3 is 2.36 bits per heavy atom. The fourth-order valence-corrected chi connectivity index (χ4v) is 1.62. The van der Waals surface area contributed by atoms with E-state index in [1.807, 2.05) is 32.1 Å². The summed E-state index contributed by atoms with van der Waals surface area (Å²) in [5, 5.41) is 0.833. The van der Waals surface area contributed by atoms with Crippen molar-refractivity contribution in [3.05, 3.63) is 46.5 Å². The minimum atomic E-state index is 0.0298. The number of rotatable bonds is 3. The Balaban J connectivity index is 3.05. The van der Waals surface area contributed by atoms with Crippen LogP contribution in [-0.2, 0) is 0 Å². The molecule has 0 heterocycles. The largest absolute Gasteiger partial charge is 0.324 e. The highest BCUT2D eigenvalue weighted by Crippen LogP contribution is 2.25. The summed E-state index contributed by atoms with van der Waals surface area (Å²) in [6, 6.07) is 4.12. The van der Waals surface area contributed by atoms with Crippen LogP contribution in [0.1, 0.15) is 29.2 Å². The maximum Gasteiger partial charge on any atom is 0.0464 e. The van der Waals surface area contributed by atoms with Crippen LogP contribution in [0, 0.1) is 13.8 Å². The van der Waals surface area contributed by atoms with Crippen molar-refractivity contribution in [1.82, 2.24) is 0 Å². The lowest BCUT2D eigenvalue weighted by Crippen LogP contribution is -2.09. The van der Waals surface area contributed by atoms with Gasteiger partial charge in [-0.05, 0) is 37.0 Å². The molecule has 0 aliphatic heterocycles. The van der Waals surface area contributed by atoms with Crippen LogP contribution in [0.5, 0.6) is 0 Å². The van der Waals surface area contributed by atoms with Crippen molar-refractivity contribution >= 4 is 11.6 Å². The third-order valence-corrected chi connectivity index (χ3v) is 2.90. The molecule has 2 heteroatoms. The Morgan fingerprint density at radius 2 is 1.93 bits per heavy atom. The molecule has 0 aliphatic carbocycles. The van der Waals surface area contributed by atoms with E-state index in [1.54, 1.807) is 0 Å². The van der Waals surface area contributed by atoms with Crippen LogP contribution < -0.4 is 5.73 Å². The molecule has 1 nitrogen and oxygen atoms in total. The van der Waals surface area contributed by atoms with E-state index >= 15 is 0 Å². The average molecular weight is 210 g/mol. The summed E-state index contributed by atoms with van der Waals surface area (Å²) in [6.45, 7) is 7.68. The lowest BCUT2D eigenvalue weighted by Gasteiger charge is -2.13. The maximum atomic E-state index is 6.07. The molecular weight excluding hydrogens is 194 g/mol. The van der Waals surface area contributed by atoms with E-state index in [9.17, 15) is 0 Å². The van der Waals surface area contributed by atoms with Gasteiger partial charge in [0.15, 0.2) is 0 Å². The molecule has 2 N–H and O–H groups in total. The highest BCUT2D eigenvalue weighted by molar-refractivity contribution is 6.32. The van der Waals surface area contributed by atoms with Crippen molar-refractivity contribution in [2.75, 3.05) is 0 Å². The SMILES string of the molecule is C=CCC(N)c1cc(C)c(Cl)c(C)c1. The Labute approximate surface area is 90.6 Å². The summed E-state index contributed by atoms with van der Waals surface area (Å²) in [5.41, 5.74) is 9.28. The predicted octanol–water partition coefficient (Wildman–Crippen LogP) is 3.53. The zero-order valence-electron chi connectivity index (χ0n) is 8.68. The molecule has 0 amide bonds. The molecule has 1 aromatic rings. The van der Waals surface area contributed by atoms with Crippen molar-refractivity contribution in [3.63, 3.8) is 0 Å². The maximum absolute atomic E-state index is 6.07. The van der Waals surface area contributed by atoms with E-state index in [1.165, 1.54) is 0 Å². The Bertz CT molecular complexity index is 321. The normalized spacial score (nSPS) is 12.6. The summed E-state index contributed by atoms with van der Waals surface area (Å²) in [7, 11) is 0. The number of aryl methyl sites for hydroxylation is 2. The molecule has 1 atom stereocenters. The second kappa shape index (κ2) is 4.63. The number of hydrogen-bond acceptors (Lipinski definition) is 1. The lowest BCUT2D eigenvalue weighted by atomic mass is 10.00. The molecule has 0 saturated carbocycles. The molecule has 0 aliphatic rings. The van der Waals surface area contributed by atoms with Gasteiger partial charge in [-0.1, -0.05) is 29.8 Å². The van der Waals surface area contributed by atoms with Crippen molar-refractivity contribution in [2.45, 2.75) is 26.3 Å². The van der Waals surface area contributed by atoms with Crippen molar-refractivity contribution < 1.29 is 0 Å². The average Bonchev–Trinajstić information content (AvgIpc) is 2.13. The quantitative estimate of drug-likeness (QED) is 0.758. The minimum Gasteiger partial charge on any atom is -0.324 e. The van der Waals surface area contributed by atoms with Gasteiger partial charge in [0.05, 0.1) is 0 Å². The molecule has 0 saturated heterocycles. The second-order valence-electron chi connectivity index (χ2n) is 3.60. The van der Waals surface area contributed by atoms with Crippen LogP contribution in [0.4, 0.5) is 0 Å². The van der Waals surface area contributed by atoms with E-state index in [-0.39, 0.29) is 6.04 Å². The van der Waals surface area contributed by atoms with Crippen LogP contribution >= 0.6 is 11.6 Å². The van der Waals surface area contributed by atoms with Gasteiger partial charge in [0.1, 0.15) is 0 Å². The first kappa shape index (κ1) is 11.3. The molecule has 76 valence electrons. The molecule has 0 bridgehead atoms. The standard InChI is InChI=1S/C12H16ClN/c1-4-5-11(14)10-6-8(2)12(13)9(3)7-10/h4,6-7,11H,1,5,14H2,2-3H3. The molecular formula is C12H16ClN. The van der Waals surface area contributed by atoms with Gasteiger partial charge in [-0.3, -0.25) is 0 Å². The molecule has 0 spiro atoms. The first-order chi connectivity index (χ1) is 6.56. The Hall–Kier alpha value is -0.790. The van der Waals surface area contributed by atoms with Crippen molar-refractivity contribution in [3.8, 4) is 0 Å². The van der Waals surface area contributed by atoms with Gasteiger partial charge in [0.25, 0.3) is 0 Å². The van der Waals surface area contributed by atoms with Crippen molar-refractivity contribution in [1.29, 1.82) is 0 Å². The number of benzene rings is 1. The van der Waals surface area contributed by atoms with E-state index in [0.717, 1.165) is 28.1 Å². The first-order valence-corrected chi connectivity index (χ1v) is 5.07. The molecule has 1 rings (SSSR count).